The number of benzene rings is 2. The van der Waals surface area contributed by atoms with Crippen LogP contribution in [0.4, 0.5) is 4.39 Å². The Morgan fingerprint density at radius 2 is 1.68 bits per heavy atom. The second-order valence-corrected chi connectivity index (χ2v) is 12.4. The lowest BCUT2D eigenvalue weighted by Gasteiger charge is -2.18. The SMILES string of the molecule is Cc1ccc(COc2ccc3c(c2)c(SC(C)(C)C)c(C)n3Cc2ccc(-c3ccc(F)cn3)cc2)nc1. The smallest absolute Gasteiger partial charge is 0.141 e. The standard InChI is InChI=1S/C32H32FN3OS/c1-21-6-12-26(34-17-21)20-37-27-13-15-30-28(16-27)31(38-32(3,4)5)22(2)36(30)19-23-7-9-24(10-8-23)29-14-11-25(33)18-35-29/h6-18H,19-20H2,1-5H3. The summed E-state index contributed by atoms with van der Waals surface area (Å²) in [6.45, 7) is 12.1. The highest BCUT2D eigenvalue weighted by Crippen LogP contribution is 2.42. The molecule has 3 heterocycles. The molecular formula is C32H32FN3OS. The van der Waals surface area contributed by atoms with E-state index in [1.807, 2.05) is 49.1 Å². The molecule has 0 aliphatic carbocycles. The van der Waals surface area contributed by atoms with Crippen molar-refractivity contribution in [2.24, 2.45) is 0 Å². The van der Waals surface area contributed by atoms with E-state index in [1.165, 1.54) is 39.3 Å². The van der Waals surface area contributed by atoms with Crippen molar-refractivity contribution in [1.29, 1.82) is 0 Å². The average molecular weight is 526 g/mol. The number of fused-ring (bicyclic) bond motifs is 1. The van der Waals surface area contributed by atoms with Crippen LogP contribution in [0.3, 0.4) is 0 Å². The van der Waals surface area contributed by atoms with Crippen LogP contribution in [0.15, 0.2) is 84.0 Å². The molecular weight excluding hydrogens is 493 g/mol. The third-order valence-corrected chi connectivity index (χ3v) is 7.65. The summed E-state index contributed by atoms with van der Waals surface area (Å²) >= 11 is 1.89. The number of ether oxygens (including phenoxy) is 1. The highest BCUT2D eigenvalue weighted by molar-refractivity contribution is 8.00. The van der Waals surface area contributed by atoms with Crippen LogP contribution in [-0.4, -0.2) is 19.3 Å². The molecule has 0 atom stereocenters. The molecule has 0 aliphatic rings. The van der Waals surface area contributed by atoms with Gasteiger partial charge in [0.05, 0.1) is 17.6 Å². The van der Waals surface area contributed by atoms with Gasteiger partial charge in [-0.2, -0.15) is 0 Å². The molecule has 5 aromatic rings. The third kappa shape index (κ3) is 5.91. The summed E-state index contributed by atoms with van der Waals surface area (Å²) in [7, 11) is 0. The molecule has 6 heteroatoms. The van der Waals surface area contributed by atoms with Gasteiger partial charge in [-0.05, 0) is 61.4 Å². The van der Waals surface area contributed by atoms with Crippen molar-refractivity contribution < 1.29 is 9.13 Å². The van der Waals surface area contributed by atoms with Gasteiger partial charge in [-0.25, -0.2) is 4.39 Å². The quantitative estimate of drug-likeness (QED) is 0.200. The predicted octanol–water partition coefficient (Wildman–Crippen LogP) is 8.37. The zero-order valence-electron chi connectivity index (χ0n) is 22.5. The van der Waals surface area contributed by atoms with Crippen molar-refractivity contribution in [1.82, 2.24) is 14.5 Å². The molecule has 194 valence electrons. The molecule has 0 radical (unpaired) electrons. The first-order valence-electron chi connectivity index (χ1n) is 12.7. The lowest BCUT2D eigenvalue weighted by atomic mass is 10.1. The molecule has 5 rings (SSSR count). The van der Waals surface area contributed by atoms with Gasteiger partial charge in [-0.1, -0.05) is 51.1 Å². The molecule has 3 aromatic heterocycles. The largest absolute Gasteiger partial charge is 0.487 e. The summed E-state index contributed by atoms with van der Waals surface area (Å²) in [6.07, 6.45) is 3.12. The third-order valence-electron chi connectivity index (χ3n) is 6.32. The molecule has 0 spiro atoms. The summed E-state index contributed by atoms with van der Waals surface area (Å²) in [5.74, 6) is 0.508. The summed E-state index contributed by atoms with van der Waals surface area (Å²) in [4.78, 5) is 9.94. The van der Waals surface area contributed by atoms with Crippen molar-refractivity contribution in [3.05, 3.63) is 107 Å². The number of pyridine rings is 2. The first-order valence-corrected chi connectivity index (χ1v) is 13.5. The Bertz CT molecular complexity index is 1550. The molecule has 0 fully saturated rings. The number of hydrogen-bond acceptors (Lipinski definition) is 4. The van der Waals surface area contributed by atoms with Gasteiger partial charge in [0, 0.05) is 44.5 Å². The van der Waals surface area contributed by atoms with Crippen LogP contribution in [0.2, 0.25) is 0 Å². The molecule has 0 N–H and O–H groups in total. The first-order chi connectivity index (χ1) is 18.2. The Morgan fingerprint density at radius 3 is 2.34 bits per heavy atom. The van der Waals surface area contributed by atoms with E-state index in [2.05, 4.69) is 72.6 Å². The lowest BCUT2D eigenvalue weighted by Crippen LogP contribution is -2.07. The molecule has 0 amide bonds. The van der Waals surface area contributed by atoms with Gasteiger partial charge in [-0.3, -0.25) is 9.97 Å². The van der Waals surface area contributed by atoms with Crippen LogP contribution in [0.5, 0.6) is 5.75 Å². The van der Waals surface area contributed by atoms with E-state index in [1.54, 1.807) is 6.07 Å². The van der Waals surface area contributed by atoms with Gasteiger partial charge in [0.15, 0.2) is 0 Å². The number of aromatic nitrogens is 3. The van der Waals surface area contributed by atoms with E-state index in [0.29, 0.717) is 6.61 Å². The minimum Gasteiger partial charge on any atom is -0.487 e. The van der Waals surface area contributed by atoms with Crippen LogP contribution in [0, 0.1) is 19.7 Å². The second kappa shape index (κ2) is 10.6. The number of halogens is 1. The fourth-order valence-corrected chi connectivity index (χ4v) is 5.55. The fraction of sp³-hybridized carbons (Fsp3) is 0.250. The molecule has 0 saturated heterocycles. The predicted molar refractivity (Wildman–Crippen MR) is 154 cm³/mol. The summed E-state index contributed by atoms with van der Waals surface area (Å²) < 4.78 is 21.8. The number of rotatable bonds is 7. The minimum atomic E-state index is -0.329. The molecule has 38 heavy (non-hydrogen) atoms. The molecule has 0 bridgehead atoms. The molecule has 0 aliphatic heterocycles. The highest BCUT2D eigenvalue weighted by Gasteiger charge is 2.21. The summed E-state index contributed by atoms with van der Waals surface area (Å²) in [5.41, 5.74) is 7.38. The monoisotopic (exact) mass is 525 g/mol. The van der Waals surface area contributed by atoms with Gasteiger partial charge >= 0.3 is 0 Å². The Hall–Kier alpha value is -3.64. The van der Waals surface area contributed by atoms with Gasteiger partial charge in [-0.15, -0.1) is 11.8 Å². The van der Waals surface area contributed by atoms with Crippen LogP contribution in [0.1, 0.15) is 43.3 Å². The lowest BCUT2D eigenvalue weighted by molar-refractivity contribution is 0.301. The van der Waals surface area contributed by atoms with Crippen molar-refractivity contribution in [2.45, 2.75) is 57.4 Å². The van der Waals surface area contributed by atoms with Crippen LogP contribution in [0.25, 0.3) is 22.2 Å². The van der Waals surface area contributed by atoms with Gasteiger partial charge < -0.3 is 9.30 Å². The average Bonchev–Trinajstić information content (AvgIpc) is 3.13. The van der Waals surface area contributed by atoms with Gasteiger partial charge in [0.2, 0.25) is 0 Å². The summed E-state index contributed by atoms with van der Waals surface area (Å²) in [6, 6.07) is 21.9. The van der Waals surface area contributed by atoms with Gasteiger partial charge in [0.1, 0.15) is 18.2 Å². The van der Waals surface area contributed by atoms with Crippen LogP contribution < -0.4 is 4.74 Å². The topological polar surface area (TPSA) is 39.9 Å². The van der Waals surface area contributed by atoms with E-state index in [-0.39, 0.29) is 10.6 Å². The second-order valence-electron chi connectivity index (χ2n) is 10.6. The first kappa shape index (κ1) is 26.0. The number of aryl methyl sites for hydroxylation is 1. The fourth-order valence-electron chi connectivity index (χ4n) is 4.41. The van der Waals surface area contributed by atoms with E-state index >= 15 is 0 Å². The highest BCUT2D eigenvalue weighted by atomic mass is 32.2. The Labute approximate surface area is 227 Å². The Morgan fingerprint density at radius 1 is 0.895 bits per heavy atom. The molecule has 0 unspecified atom stereocenters. The van der Waals surface area contributed by atoms with Crippen molar-refractivity contribution in [2.75, 3.05) is 0 Å². The zero-order chi connectivity index (χ0) is 26.9. The van der Waals surface area contributed by atoms with Crippen LogP contribution in [-0.2, 0) is 13.2 Å². The van der Waals surface area contributed by atoms with E-state index in [0.717, 1.165) is 34.8 Å². The van der Waals surface area contributed by atoms with Crippen molar-refractivity contribution in [3.8, 4) is 17.0 Å². The van der Waals surface area contributed by atoms with Crippen molar-refractivity contribution in [3.63, 3.8) is 0 Å². The van der Waals surface area contributed by atoms with Crippen LogP contribution >= 0.6 is 11.8 Å². The maximum atomic E-state index is 13.3. The maximum absolute atomic E-state index is 13.3. The molecule has 0 saturated carbocycles. The molecule has 4 nitrogen and oxygen atoms in total. The normalized spacial score (nSPS) is 11.7. The Kier molecular flexibility index (Phi) is 7.26. The van der Waals surface area contributed by atoms with E-state index < -0.39 is 0 Å². The number of thioether (sulfide) groups is 1. The van der Waals surface area contributed by atoms with E-state index in [9.17, 15) is 4.39 Å². The minimum absolute atomic E-state index is 0.0658. The number of hydrogen-bond donors (Lipinski definition) is 0. The molecule has 2 aromatic carbocycles. The summed E-state index contributed by atoms with van der Waals surface area (Å²) in [5, 5.41) is 1.20. The van der Waals surface area contributed by atoms with Gasteiger partial charge in [0.25, 0.3) is 0 Å². The number of nitrogens with zero attached hydrogens (tertiary/aromatic N) is 3. The Balaban J connectivity index is 1.45. The van der Waals surface area contributed by atoms with E-state index in [4.69, 9.17) is 4.74 Å². The zero-order valence-corrected chi connectivity index (χ0v) is 23.3. The maximum Gasteiger partial charge on any atom is 0.141 e. The van der Waals surface area contributed by atoms with Crippen molar-refractivity contribution >= 4 is 22.7 Å².